The van der Waals surface area contributed by atoms with Crippen LogP contribution in [0.1, 0.15) is 35.3 Å². The Bertz CT molecular complexity index is 661. The number of aryl methyl sites for hydroxylation is 1. The molecule has 1 unspecified atom stereocenters. The van der Waals surface area contributed by atoms with E-state index in [0.29, 0.717) is 25.3 Å². The van der Waals surface area contributed by atoms with Crippen LogP contribution in [0.25, 0.3) is 0 Å². The molecule has 0 saturated carbocycles. The average molecular weight is 322 g/mol. The van der Waals surface area contributed by atoms with Crippen LogP contribution >= 0.6 is 11.3 Å². The van der Waals surface area contributed by atoms with Crippen molar-refractivity contribution in [1.29, 1.82) is 0 Å². The molecule has 0 amide bonds. The summed E-state index contributed by atoms with van der Waals surface area (Å²) in [7, 11) is 0. The Kier molecular flexibility index (Phi) is 4.21. The van der Waals surface area contributed by atoms with Crippen molar-refractivity contribution < 1.29 is 14.6 Å². The second-order valence-electron chi connectivity index (χ2n) is 5.41. The third-order valence-corrected chi connectivity index (χ3v) is 4.89. The maximum Gasteiger partial charge on any atom is 0.336 e. The van der Waals surface area contributed by atoms with Crippen LogP contribution in [0.2, 0.25) is 0 Å². The number of hydrogen-bond donors (Lipinski definition) is 1. The van der Waals surface area contributed by atoms with Crippen LogP contribution < -0.4 is 0 Å². The predicted molar refractivity (Wildman–Crippen MR) is 79.9 cm³/mol. The lowest BCUT2D eigenvalue weighted by atomic mass is 9.95. The van der Waals surface area contributed by atoms with Crippen LogP contribution in [0.5, 0.6) is 0 Å². The van der Waals surface area contributed by atoms with Gasteiger partial charge in [0.1, 0.15) is 0 Å². The van der Waals surface area contributed by atoms with E-state index >= 15 is 0 Å². The van der Waals surface area contributed by atoms with Gasteiger partial charge in [-0.1, -0.05) is 12.1 Å². The molecule has 0 radical (unpaired) electrons. The van der Waals surface area contributed by atoms with E-state index in [9.17, 15) is 9.90 Å². The van der Waals surface area contributed by atoms with Crippen molar-refractivity contribution in [1.82, 2.24) is 20.0 Å². The fourth-order valence-electron chi connectivity index (χ4n) is 2.61. The zero-order valence-corrected chi connectivity index (χ0v) is 13.2. The maximum atomic E-state index is 11.5. The van der Waals surface area contributed by atoms with E-state index in [1.54, 1.807) is 22.2 Å². The minimum Gasteiger partial charge on any atom is -0.479 e. The fraction of sp³-hybridized carbons (Fsp3) is 0.571. The molecule has 1 fully saturated rings. The van der Waals surface area contributed by atoms with Crippen LogP contribution in [0.4, 0.5) is 0 Å². The number of rotatable bonds is 6. The van der Waals surface area contributed by atoms with E-state index < -0.39 is 11.6 Å². The topological polar surface area (TPSA) is 90.1 Å². The van der Waals surface area contributed by atoms with Crippen LogP contribution in [0.15, 0.2) is 12.4 Å². The Morgan fingerprint density at radius 3 is 3.09 bits per heavy atom. The summed E-state index contributed by atoms with van der Waals surface area (Å²) in [6, 6.07) is 0. The molecule has 1 atom stereocenters. The van der Waals surface area contributed by atoms with E-state index in [1.165, 1.54) is 0 Å². The van der Waals surface area contributed by atoms with Crippen molar-refractivity contribution in [2.75, 3.05) is 6.61 Å². The first-order chi connectivity index (χ1) is 10.6. The molecule has 2 aromatic rings. The van der Waals surface area contributed by atoms with E-state index in [4.69, 9.17) is 4.74 Å². The number of carboxylic acid groups (broad SMARTS) is 1. The van der Waals surface area contributed by atoms with Crippen molar-refractivity contribution in [3.63, 3.8) is 0 Å². The molecule has 3 rings (SSSR count). The molecule has 0 spiro atoms. The van der Waals surface area contributed by atoms with Gasteiger partial charge in [0.25, 0.3) is 0 Å². The molecule has 3 heterocycles. The molecule has 22 heavy (non-hydrogen) atoms. The number of nitrogens with zero attached hydrogens (tertiary/aromatic N) is 4. The Morgan fingerprint density at radius 1 is 1.59 bits per heavy atom. The largest absolute Gasteiger partial charge is 0.479 e. The van der Waals surface area contributed by atoms with Gasteiger partial charge in [0.05, 0.1) is 17.2 Å². The Hall–Kier alpha value is -1.80. The minimum atomic E-state index is -1.14. The lowest BCUT2D eigenvalue weighted by molar-refractivity contribution is -0.160. The Labute approximate surface area is 131 Å². The molecule has 1 aliphatic heterocycles. The zero-order valence-electron chi connectivity index (χ0n) is 12.4. The molecule has 7 nitrogen and oxygen atoms in total. The molecule has 0 aliphatic carbocycles. The van der Waals surface area contributed by atoms with Gasteiger partial charge in [-0.2, -0.15) is 0 Å². The summed E-state index contributed by atoms with van der Waals surface area (Å²) in [5, 5.41) is 18.7. The van der Waals surface area contributed by atoms with E-state index in [0.717, 1.165) is 22.7 Å². The first kappa shape index (κ1) is 15.1. The molecular formula is C14H18N4O3S. The highest BCUT2D eigenvalue weighted by molar-refractivity contribution is 7.11. The van der Waals surface area contributed by atoms with Crippen molar-refractivity contribution >= 4 is 17.3 Å². The fourth-order valence-corrected chi connectivity index (χ4v) is 3.47. The maximum absolute atomic E-state index is 11.5. The van der Waals surface area contributed by atoms with Crippen LogP contribution in [-0.4, -0.2) is 43.3 Å². The van der Waals surface area contributed by atoms with Crippen molar-refractivity contribution in [3.05, 3.63) is 28.0 Å². The number of thiazole rings is 1. The minimum absolute atomic E-state index is 0.255. The first-order valence-electron chi connectivity index (χ1n) is 7.31. The van der Waals surface area contributed by atoms with Gasteiger partial charge >= 0.3 is 5.97 Å². The van der Waals surface area contributed by atoms with Crippen LogP contribution in [0.3, 0.4) is 0 Å². The summed E-state index contributed by atoms with van der Waals surface area (Å²) in [4.78, 5) is 16.9. The van der Waals surface area contributed by atoms with Gasteiger partial charge in [0, 0.05) is 30.3 Å². The summed E-state index contributed by atoms with van der Waals surface area (Å²) < 4.78 is 7.18. The molecular weight excluding hydrogens is 304 g/mol. The van der Waals surface area contributed by atoms with E-state index in [1.807, 2.05) is 6.20 Å². The summed E-state index contributed by atoms with van der Waals surface area (Å²) in [6.45, 7) is 3.16. The monoisotopic (exact) mass is 322 g/mol. The second-order valence-corrected chi connectivity index (χ2v) is 6.61. The Balaban J connectivity index is 1.69. The van der Waals surface area contributed by atoms with Crippen molar-refractivity contribution in [2.24, 2.45) is 0 Å². The molecule has 0 aromatic carbocycles. The Morgan fingerprint density at radius 2 is 2.45 bits per heavy atom. The number of carboxylic acids is 1. The number of aromatic nitrogens is 4. The van der Waals surface area contributed by atoms with Crippen LogP contribution in [0, 0.1) is 0 Å². The molecule has 8 heteroatoms. The smallest absolute Gasteiger partial charge is 0.336 e. The molecule has 1 N–H and O–H groups in total. The van der Waals surface area contributed by atoms with Crippen molar-refractivity contribution in [3.8, 4) is 0 Å². The molecule has 1 saturated heterocycles. The van der Waals surface area contributed by atoms with Crippen molar-refractivity contribution in [2.45, 2.75) is 44.8 Å². The van der Waals surface area contributed by atoms with Gasteiger partial charge in [-0.25, -0.2) is 14.5 Å². The molecule has 1 aliphatic rings. The number of aliphatic carboxylic acids is 1. The zero-order chi connectivity index (χ0) is 15.6. The van der Waals surface area contributed by atoms with Gasteiger partial charge in [0.15, 0.2) is 5.60 Å². The summed E-state index contributed by atoms with van der Waals surface area (Å²) in [5.74, 6) is -0.922. The number of carbonyl (C=O) groups is 1. The van der Waals surface area contributed by atoms with Crippen LogP contribution in [-0.2, 0) is 28.9 Å². The quantitative estimate of drug-likeness (QED) is 0.867. The lowest BCUT2D eigenvalue weighted by Crippen LogP contribution is -2.40. The number of hydrogen-bond acceptors (Lipinski definition) is 6. The normalized spacial score (nSPS) is 21.3. The molecule has 2 aromatic heterocycles. The highest BCUT2D eigenvalue weighted by Gasteiger charge is 2.43. The van der Waals surface area contributed by atoms with Gasteiger partial charge in [-0.05, 0) is 19.3 Å². The van der Waals surface area contributed by atoms with E-state index in [2.05, 4.69) is 22.2 Å². The summed E-state index contributed by atoms with van der Waals surface area (Å²) in [5.41, 5.74) is -0.495. The summed E-state index contributed by atoms with van der Waals surface area (Å²) in [6.07, 6.45) is 6.10. The summed E-state index contributed by atoms with van der Waals surface area (Å²) >= 11 is 1.66. The highest BCUT2D eigenvalue weighted by atomic mass is 32.1. The highest BCUT2D eigenvalue weighted by Crippen LogP contribution is 2.29. The van der Waals surface area contributed by atoms with Gasteiger partial charge < -0.3 is 9.84 Å². The third-order valence-electron chi connectivity index (χ3n) is 3.77. The lowest BCUT2D eigenvalue weighted by Gasteiger charge is -2.21. The molecule has 118 valence electrons. The van der Waals surface area contributed by atoms with Gasteiger partial charge in [0.2, 0.25) is 0 Å². The number of ether oxygens (including phenoxy) is 1. The van der Waals surface area contributed by atoms with E-state index in [-0.39, 0.29) is 6.42 Å². The molecule has 0 bridgehead atoms. The van der Waals surface area contributed by atoms with Gasteiger partial charge in [-0.15, -0.1) is 16.4 Å². The SMILES string of the molecule is CCc1ncc(Cn2cc(CC3(C(=O)O)CCCO3)nn2)s1. The first-order valence-corrected chi connectivity index (χ1v) is 8.13. The second kappa shape index (κ2) is 6.13. The third kappa shape index (κ3) is 3.02. The average Bonchev–Trinajstić information content (AvgIpc) is 3.21. The van der Waals surface area contributed by atoms with Gasteiger partial charge in [-0.3, -0.25) is 0 Å². The standard InChI is InChI=1S/C14H18N4O3S/c1-2-12-15-7-11(22-12)9-18-8-10(16-17-18)6-14(13(19)20)4-3-5-21-14/h7-8H,2-6,9H2,1H3,(H,19,20). The predicted octanol–water partition coefficient (Wildman–Crippen LogP) is 1.52.